The van der Waals surface area contributed by atoms with Crippen LogP contribution in [0.1, 0.15) is 22.6 Å². The molecule has 0 saturated carbocycles. The highest BCUT2D eigenvalue weighted by atomic mass is 16.5. The van der Waals surface area contributed by atoms with Crippen molar-refractivity contribution in [2.75, 3.05) is 38.6 Å². The third kappa shape index (κ3) is 3.46. The Morgan fingerprint density at radius 2 is 1.93 bits per heavy atom. The van der Waals surface area contributed by atoms with Gasteiger partial charge in [-0.15, -0.1) is 0 Å². The number of nitrogens with two attached hydrogens (primary N) is 1. The molecule has 7 nitrogen and oxygen atoms in total. The molecule has 0 spiro atoms. The van der Waals surface area contributed by atoms with Crippen LogP contribution in [-0.4, -0.2) is 42.9 Å². The number of anilines is 1. The summed E-state index contributed by atoms with van der Waals surface area (Å²) in [5.41, 5.74) is 9.65. The van der Waals surface area contributed by atoms with Gasteiger partial charge in [0.1, 0.15) is 43.2 Å². The summed E-state index contributed by atoms with van der Waals surface area (Å²) in [4.78, 5) is 6.11. The summed E-state index contributed by atoms with van der Waals surface area (Å²) in [5, 5.41) is 9.95. The molecule has 1 atom stereocenters. The number of nitrogens with one attached hydrogen (secondary N) is 1. The van der Waals surface area contributed by atoms with Crippen LogP contribution in [0, 0.1) is 0 Å². The molecular formula is C23H26N4O3+2. The quantitative estimate of drug-likeness (QED) is 0.438. The number of nitrogen functional groups attached to an aromatic ring is 1. The van der Waals surface area contributed by atoms with E-state index in [0.717, 1.165) is 56.1 Å². The summed E-state index contributed by atoms with van der Waals surface area (Å²) >= 11 is 0. The number of fused-ring (bicyclic) bond motifs is 2. The number of aromatic hydroxyl groups is 1. The zero-order valence-electron chi connectivity index (χ0n) is 16.8. The van der Waals surface area contributed by atoms with E-state index < -0.39 is 0 Å². The number of nitrogens with zero attached hydrogens (tertiary/aromatic N) is 2. The molecule has 0 amide bonds. The molecule has 2 aliphatic heterocycles. The van der Waals surface area contributed by atoms with E-state index in [1.165, 1.54) is 4.90 Å². The fourth-order valence-electron chi connectivity index (χ4n) is 4.34. The molecule has 1 aromatic heterocycles. The van der Waals surface area contributed by atoms with Crippen molar-refractivity contribution < 1.29 is 24.0 Å². The summed E-state index contributed by atoms with van der Waals surface area (Å²) in [6, 6.07) is 15.4. The number of phenols is 1. The molecule has 1 saturated heterocycles. The second kappa shape index (κ2) is 7.93. The Hall–Kier alpha value is -3.16. The van der Waals surface area contributed by atoms with E-state index in [1.807, 2.05) is 28.8 Å². The first kappa shape index (κ1) is 18.8. The average Bonchev–Trinajstić information content (AvgIpc) is 2.78. The van der Waals surface area contributed by atoms with Gasteiger partial charge >= 0.3 is 5.88 Å². The SMILES string of the molecule is Nc1c2c(nc[n+]1CC[NH+]1CCOCC1)Oc1cc(O)ccc1[C@@H]2c1ccccc1. The summed E-state index contributed by atoms with van der Waals surface area (Å²) in [6.45, 7) is 5.42. The molecule has 2 aliphatic rings. The minimum Gasteiger partial charge on any atom is -0.508 e. The molecule has 154 valence electrons. The van der Waals surface area contributed by atoms with Gasteiger partial charge in [0, 0.05) is 11.6 Å². The third-order valence-corrected chi connectivity index (χ3v) is 5.97. The van der Waals surface area contributed by atoms with E-state index >= 15 is 0 Å². The molecule has 0 radical (unpaired) electrons. The Bertz CT molecular complexity index is 1050. The van der Waals surface area contributed by atoms with E-state index in [0.29, 0.717) is 17.4 Å². The highest BCUT2D eigenvalue weighted by Crippen LogP contribution is 2.48. The van der Waals surface area contributed by atoms with Gasteiger partial charge in [-0.3, -0.25) is 0 Å². The van der Waals surface area contributed by atoms with Crippen molar-refractivity contribution in [3.63, 3.8) is 0 Å². The molecule has 4 N–H and O–H groups in total. The van der Waals surface area contributed by atoms with Crippen molar-refractivity contribution in [1.82, 2.24) is 4.98 Å². The number of hydrogen-bond acceptors (Lipinski definition) is 5. The lowest BCUT2D eigenvalue weighted by Crippen LogP contribution is -3.14. The number of rotatable bonds is 4. The lowest BCUT2D eigenvalue weighted by molar-refractivity contribution is -0.925. The van der Waals surface area contributed by atoms with Gasteiger partial charge < -0.3 is 25.2 Å². The number of quaternary nitrogens is 1. The van der Waals surface area contributed by atoms with Gasteiger partial charge in [-0.1, -0.05) is 41.4 Å². The topological polar surface area (TPSA) is 85.9 Å². The van der Waals surface area contributed by atoms with Gasteiger partial charge in [-0.25, -0.2) is 4.57 Å². The Balaban J connectivity index is 1.54. The highest BCUT2D eigenvalue weighted by Gasteiger charge is 2.36. The van der Waals surface area contributed by atoms with Crippen molar-refractivity contribution in [3.05, 3.63) is 71.5 Å². The molecule has 7 heteroatoms. The van der Waals surface area contributed by atoms with Crippen molar-refractivity contribution in [3.8, 4) is 17.4 Å². The predicted molar refractivity (Wildman–Crippen MR) is 111 cm³/mol. The average molecular weight is 406 g/mol. The zero-order valence-corrected chi connectivity index (χ0v) is 16.8. The lowest BCUT2D eigenvalue weighted by atomic mass is 9.83. The fraction of sp³-hybridized carbons (Fsp3) is 0.304. The number of ether oxygens (including phenoxy) is 2. The van der Waals surface area contributed by atoms with Crippen molar-refractivity contribution >= 4 is 5.82 Å². The first-order valence-corrected chi connectivity index (χ1v) is 10.4. The molecule has 0 unspecified atom stereocenters. The van der Waals surface area contributed by atoms with Gasteiger partial charge in [0.25, 0.3) is 0 Å². The molecule has 30 heavy (non-hydrogen) atoms. The molecular weight excluding hydrogens is 380 g/mol. The van der Waals surface area contributed by atoms with Crippen LogP contribution in [0.5, 0.6) is 17.4 Å². The second-order valence-corrected chi connectivity index (χ2v) is 7.82. The maximum Gasteiger partial charge on any atom is 0.306 e. The minimum absolute atomic E-state index is 0.110. The molecule has 3 heterocycles. The Labute approximate surface area is 175 Å². The monoisotopic (exact) mass is 406 g/mol. The Morgan fingerprint density at radius 1 is 1.13 bits per heavy atom. The summed E-state index contributed by atoms with van der Waals surface area (Å²) in [6.07, 6.45) is 1.75. The summed E-state index contributed by atoms with van der Waals surface area (Å²) in [7, 11) is 0. The number of morpholine rings is 1. The summed E-state index contributed by atoms with van der Waals surface area (Å²) in [5.74, 6) is 1.83. The van der Waals surface area contributed by atoms with Crippen LogP contribution >= 0.6 is 0 Å². The number of phenolic OH excluding ortho intramolecular Hbond substituents is 1. The van der Waals surface area contributed by atoms with Crippen LogP contribution in [-0.2, 0) is 11.3 Å². The van der Waals surface area contributed by atoms with Crippen molar-refractivity contribution in [2.24, 2.45) is 0 Å². The standard InChI is InChI=1S/C23H24N4O3/c24-22-21-20(16-4-2-1-3-5-16)18-7-6-17(28)14-19(18)30-23(21)25-15-27(22)9-8-26-10-12-29-13-11-26/h1-7,14-15,20,24,28H,8-13H2/p+2/t20-/m0/s1. The van der Waals surface area contributed by atoms with Crippen LogP contribution in [0.4, 0.5) is 5.82 Å². The Morgan fingerprint density at radius 3 is 2.73 bits per heavy atom. The van der Waals surface area contributed by atoms with Gasteiger partial charge in [0.15, 0.2) is 0 Å². The molecule has 5 rings (SSSR count). The maximum absolute atomic E-state index is 9.95. The van der Waals surface area contributed by atoms with Crippen LogP contribution < -0.4 is 19.9 Å². The number of benzene rings is 2. The second-order valence-electron chi connectivity index (χ2n) is 7.82. The molecule has 1 fully saturated rings. The maximum atomic E-state index is 9.95. The first-order valence-electron chi connectivity index (χ1n) is 10.4. The summed E-state index contributed by atoms with van der Waals surface area (Å²) < 4.78 is 13.5. The molecule has 0 aliphatic carbocycles. The fourth-order valence-corrected chi connectivity index (χ4v) is 4.34. The van der Waals surface area contributed by atoms with Gasteiger partial charge in [0.05, 0.1) is 19.1 Å². The Kier molecular flexibility index (Phi) is 4.98. The van der Waals surface area contributed by atoms with Crippen LogP contribution in [0.2, 0.25) is 0 Å². The van der Waals surface area contributed by atoms with Gasteiger partial charge in [-0.2, -0.15) is 0 Å². The van der Waals surface area contributed by atoms with E-state index in [1.54, 1.807) is 18.5 Å². The van der Waals surface area contributed by atoms with Crippen LogP contribution in [0.15, 0.2) is 54.9 Å². The van der Waals surface area contributed by atoms with E-state index in [9.17, 15) is 5.11 Å². The van der Waals surface area contributed by atoms with Crippen LogP contribution in [0.25, 0.3) is 0 Å². The van der Waals surface area contributed by atoms with Crippen molar-refractivity contribution in [1.29, 1.82) is 0 Å². The number of hydrogen-bond donors (Lipinski definition) is 3. The first-order chi connectivity index (χ1) is 14.7. The molecule has 3 aromatic rings. The lowest BCUT2D eigenvalue weighted by Gasteiger charge is -2.27. The van der Waals surface area contributed by atoms with Crippen molar-refractivity contribution in [2.45, 2.75) is 12.5 Å². The highest BCUT2D eigenvalue weighted by molar-refractivity contribution is 5.62. The largest absolute Gasteiger partial charge is 0.508 e. The molecule has 2 aromatic carbocycles. The van der Waals surface area contributed by atoms with Crippen LogP contribution in [0.3, 0.4) is 0 Å². The third-order valence-electron chi connectivity index (χ3n) is 5.97. The zero-order chi connectivity index (χ0) is 20.5. The van der Waals surface area contributed by atoms with E-state index in [-0.39, 0.29) is 11.7 Å². The normalized spacial score (nSPS) is 18.3. The smallest absolute Gasteiger partial charge is 0.306 e. The van der Waals surface area contributed by atoms with E-state index in [4.69, 9.17) is 15.2 Å². The van der Waals surface area contributed by atoms with E-state index in [2.05, 4.69) is 17.1 Å². The predicted octanol–water partition coefficient (Wildman–Crippen LogP) is 0.858. The minimum atomic E-state index is -0.110. The number of aromatic nitrogens is 2. The molecule has 0 bridgehead atoms. The van der Waals surface area contributed by atoms with Gasteiger partial charge in [0.2, 0.25) is 12.1 Å². The van der Waals surface area contributed by atoms with Gasteiger partial charge in [-0.05, 0) is 11.6 Å².